The van der Waals surface area contributed by atoms with Gasteiger partial charge in [0.1, 0.15) is 6.33 Å². The molecule has 2 aromatic rings. The number of benzene rings is 1. The molecule has 0 atom stereocenters. The highest BCUT2D eigenvalue weighted by molar-refractivity contribution is 9.10. The minimum Gasteiger partial charge on any atom is -0.316 e. The predicted molar refractivity (Wildman–Crippen MR) is 72.0 cm³/mol. The maximum Gasteiger partial charge on any atom is 0.195 e. The van der Waals surface area contributed by atoms with E-state index in [1.165, 1.54) is 10.5 Å². The van der Waals surface area contributed by atoms with Crippen molar-refractivity contribution in [1.29, 1.82) is 0 Å². The van der Waals surface area contributed by atoms with Crippen molar-refractivity contribution < 1.29 is 0 Å². The van der Waals surface area contributed by atoms with Crippen LogP contribution in [0, 0.1) is 0 Å². The predicted octanol–water partition coefficient (Wildman–Crippen LogP) is 2.45. The first-order chi connectivity index (χ1) is 8.20. The molecule has 4 nitrogen and oxygen atoms in total. The van der Waals surface area contributed by atoms with Crippen LogP contribution < -0.4 is 5.32 Å². The Hall–Kier alpha value is -0.850. The summed E-state index contributed by atoms with van der Waals surface area (Å²) >= 11 is 5.11. The molecule has 0 amide bonds. The lowest BCUT2D eigenvalue weighted by atomic mass is 10.2. The molecule has 0 radical (unpaired) electrons. The van der Waals surface area contributed by atoms with Crippen molar-refractivity contribution in [2.45, 2.75) is 16.6 Å². The summed E-state index contributed by atoms with van der Waals surface area (Å²) in [6, 6.07) is 6.25. The second-order valence-corrected chi connectivity index (χ2v) is 5.53. The van der Waals surface area contributed by atoms with E-state index in [1.54, 1.807) is 18.1 Å². The first-order valence-corrected chi connectivity index (χ1v) is 6.76. The lowest BCUT2D eigenvalue weighted by molar-refractivity contribution is 0.782. The molecule has 0 aliphatic carbocycles. The summed E-state index contributed by atoms with van der Waals surface area (Å²) in [6.07, 6.45) is 1.71. The SMILES string of the molecule is CNCc1cc(Br)ccc1Sc1nncn1C. The van der Waals surface area contributed by atoms with Crippen molar-refractivity contribution in [3.05, 3.63) is 34.6 Å². The number of halogens is 1. The van der Waals surface area contributed by atoms with Crippen LogP contribution >= 0.6 is 27.7 Å². The highest BCUT2D eigenvalue weighted by Gasteiger charge is 2.08. The van der Waals surface area contributed by atoms with Crippen LogP contribution in [0.4, 0.5) is 0 Å². The zero-order chi connectivity index (χ0) is 12.3. The number of nitrogens with one attached hydrogen (secondary N) is 1. The third-order valence-electron chi connectivity index (χ3n) is 2.26. The molecule has 6 heteroatoms. The van der Waals surface area contributed by atoms with E-state index in [9.17, 15) is 0 Å². The van der Waals surface area contributed by atoms with E-state index in [-0.39, 0.29) is 0 Å². The summed E-state index contributed by atoms with van der Waals surface area (Å²) in [7, 11) is 3.89. The molecule has 1 N–H and O–H groups in total. The summed E-state index contributed by atoms with van der Waals surface area (Å²) in [5.41, 5.74) is 1.25. The molecule has 1 aromatic carbocycles. The molecule has 0 bridgehead atoms. The average Bonchev–Trinajstić information content (AvgIpc) is 2.69. The number of hydrogen-bond donors (Lipinski definition) is 1. The average molecular weight is 313 g/mol. The molecule has 0 unspecified atom stereocenters. The van der Waals surface area contributed by atoms with Gasteiger partial charge in [-0.3, -0.25) is 0 Å². The van der Waals surface area contributed by atoms with Crippen LogP contribution in [0.5, 0.6) is 0 Å². The van der Waals surface area contributed by atoms with E-state index >= 15 is 0 Å². The van der Waals surface area contributed by atoms with Gasteiger partial charge in [0.15, 0.2) is 5.16 Å². The number of aromatic nitrogens is 3. The molecule has 0 saturated carbocycles. The van der Waals surface area contributed by atoms with Gasteiger partial charge in [-0.25, -0.2) is 0 Å². The number of nitrogens with zero attached hydrogens (tertiary/aromatic N) is 3. The molecule has 0 aliphatic heterocycles. The lowest BCUT2D eigenvalue weighted by Gasteiger charge is -2.08. The second-order valence-electron chi connectivity index (χ2n) is 3.61. The Kier molecular flexibility index (Phi) is 4.20. The quantitative estimate of drug-likeness (QED) is 0.941. The largest absolute Gasteiger partial charge is 0.316 e. The van der Waals surface area contributed by atoms with Gasteiger partial charge in [-0.05, 0) is 42.6 Å². The summed E-state index contributed by atoms with van der Waals surface area (Å²) in [6.45, 7) is 0.833. The highest BCUT2D eigenvalue weighted by Crippen LogP contribution is 2.30. The molecule has 90 valence electrons. The molecule has 2 rings (SSSR count). The van der Waals surface area contributed by atoms with E-state index < -0.39 is 0 Å². The zero-order valence-electron chi connectivity index (χ0n) is 9.64. The van der Waals surface area contributed by atoms with Crippen LogP contribution in [0.25, 0.3) is 0 Å². The summed E-state index contributed by atoms with van der Waals surface area (Å²) in [5, 5.41) is 12.0. The first kappa shape index (κ1) is 12.6. The minimum atomic E-state index is 0.833. The third kappa shape index (κ3) is 3.08. The Morgan fingerprint density at radius 3 is 2.94 bits per heavy atom. The van der Waals surface area contributed by atoms with E-state index in [1.807, 2.05) is 24.7 Å². The van der Waals surface area contributed by atoms with Crippen molar-refractivity contribution >= 4 is 27.7 Å². The van der Waals surface area contributed by atoms with Gasteiger partial charge in [0.2, 0.25) is 0 Å². The zero-order valence-corrected chi connectivity index (χ0v) is 12.0. The molecule has 1 aromatic heterocycles. The van der Waals surface area contributed by atoms with Gasteiger partial charge in [0, 0.05) is 23.0 Å². The summed E-state index contributed by atoms with van der Waals surface area (Å²) in [5.74, 6) is 0. The van der Waals surface area contributed by atoms with Crippen LogP contribution in [0.3, 0.4) is 0 Å². The molecule has 1 heterocycles. The maximum absolute atomic E-state index is 4.08. The van der Waals surface area contributed by atoms with Crippen LogP contribution in [0.2, 0.25) is 0 Å². The van der Waals surface area contributed by atoms with Gasteiger partial charge in [-0.1, -0.05) is 15.9 Å². The van der Waals surface area contributed by atoms with E-state index in [0.717, 1.165) is 16.2 Å². The number of hydrogen-bond acceptors (Lipinski definition) is 4. The van der Waals surface area contributed by atoms with Gasteiger partial charge < -0.3 is 9.88 Å². The van der Waals surface area contributed by atoms with E-state index in [4.69, 9.17) is 0 Å². The Morgan fingerprint density at radius 1 is 1.47 bits per heavy atom. The Bertz CT molecular complexity index is 512. The van der Waals surface area contributed by atoms with Gasteiger partial charge >= 0.3 is 0 Å². The van der Waals surface area contributed by atoms with Crippen LogP contribution in [-0.4, -0.2) is 21.8 Å². The van der Waals surface area contributed by atoms with Gasteiger partial charge in [-0.2, -0.15) is 0 Å². The lowest BCUT2D eigenvalue weighted by Crippen LogP contribution is -2.06. The molecule has 0 fully saturated rings. The summed E-state index contributed by atoms with van der Waals surface area (Å²) in [4.78, 5) is 1.19. The first-order valence-electron chi connectivity index (χ1n) is 5.15. The topological polar surface area (TPSA) is 42.7 Å². The fourth-order valence-corrected chi connectivity index (χ4v) is 2.72. The van der Waals surface area contributed by atoms with E-state index in [2.05, 4.69) is 43.6 Å². The van der Waals surface area contributed by atoms with Gasteiger partial charge in [-0.15, -0.1) is 10.2 Å². The Balaban J connectivity index is 2.29. The molecular weight excluding hydrogens is 300 g/mol. The fraction of sp³-hybridized carbons (Fsp3) is 0.273. The second kappa shape index (κ2) is 5.66. The highest BCUT2D eigenvalue weighted by atomic mass is 79.9. The Labute approximate surface area is 113 Å². The number of rotatable bonds is 4. The fourth-order valence-electron chi connectivity index (χ4n) is 1.44. The van der Waals surface area contributed by atoms with Crippen LogP contribution in [0.1, 0.15) is 5.56 Å². The normalized spacial score (nSPS) is 10.8. The van der Waals surface area contributed by atoms with Crippen molar-refractivity contribution in [3.63, 3.8) is 0 Å². The van der Waals surface area contributed by atoms with Gasteiger partial charge in [0.05, 0.1) is 0 Å². The maximum atomic E-state index is 4.08. The van der Waals surface area contributed by atoms with Crippen LogP contribution in [0.15, 0.2) is 39.1 Å². The molecule has 0 saturated heterocycles. The molecule has 0 aliphatic rings. The summed E-state index contributed by atoms with van der Waals surface area (Å²) < 4.78 is 3.00. The monoisotopic (exact) mass is 312 g/mol. The Morgan fingerprint density at radius 2 is 2.29 bits per heavy atom. The smallest absolute Gasteiger partial charge is 0.195 e. The van der Waals surface area contributed by atoms with Crippen LogP contribution in [-0.2, 0) is 13.6 Å². The van der Waals surface area contributed by atoms with E-state index in [0.29, 0.717) is 0 Å². The standard InChI is InChI=1S/C11H13BrN4S/c1-13-6-8-5-9(12)3-4-10(8)17-11-15-14-7-16(11)2/h3-5,7,13H,6H2,1-2H3. The van der Waals surface area contributed by atoms with Crippen molar-refractivity contribution in [2.75, 3.05) is 7.05 Å². The molecular formula is C11H13BrN4S. The third-order valence-corrected chi connectivity index (χ3v) is 3.92. The van der Waals surface area contributed by atoms with Crippen molar-refractivity contribution in [2.24, 2.45) is 7.05 Å². The van der Waals surface area contributed by atoms with Crippen molar-refractivity contribution in [1.82, 2.24) is 20.1 Å². The molecule has 17 heavy (non-hydrogen) atoms. The minimum absolute atomic E-state index is 0.833. The van der Waals surface area contributed by atoms with Crippen molar-refractivity contribution in [3.8, 4) is 0 Å². The number of aryl methyl sites for hydroxylation is 1. The van der Waals surface area contributed by atoms with Gasteiger partial charge in [0.25, 0.3) is 0 Å². The molecule has 0 spiro atoms.